The monoisotopic (exact) mass is 442 g/mol. The Morgan fingerprint density at radius 2 is 1.94 bits per heavy atom. The van der Waals surface area contributed by atoms with Crippen molar-refractivity contribution in [2.45, 2.75) is 32.2 Å². The van der Waals surface area contributed by atoms with Gasteiger partial charge in [0.05, 0.1) is 35.3 Å². The second-order valence-corrected chi connectivity index (χ2v) is 8.10. The Hall–Kier alpha value is -3.36. The summed E-state index contributed by atoms with van der Waals surface area (Å²) in [6.45, 7) is 2.81. The number of carbonyl (C=O) groups is 1. The van der Waals surface area contributed by atoms with Gasteiger partial charge in [0.1, 0.15) is 0 Å². The molecule has 5 rings (SSSR count). The Balaban J connectivity index is 1.51. The average molecular weight is 442 g/mol. The molecule has 2 aliphatic rings. The number of fused-ring (bicyclic) bond motifs is 2. The van der Waals surface area contributed by atoms with Crippen LogP contribution in [0.15, 0.2) is 24.4 Å². The number of halogens is 3. The van der Waals surface area contributed by atoms with Crippen LogP contribution in [0.1, 0.15) is 46.7 Å². The summed E-state index contributed by atoms with van der Waals surface area (Å²) in [5.41, 5.74) is 3.43. The van der Waals surface area contributed by atoms with Crippen LogP contribution in [-0.2, 0) is 19.9 Å². The zero-order valence-corrected chi connectivity index (χ0v) is 17.7. The molecule has 1 amide bonds. The van der Waals surface area contributed by atoms with E-state index in [1.807, 2.05) is 6.92 Å². The number of carbonyl (C=O) groups excluding carboxylic acids is 1. The van der Waals surface area contributed by atoms with E-state index in [1.54, 1.807) is 24.2 Å². The SMILES string of the molecule is C[C@H]1c2nn(C)c(-c3cc(F)c(F)c(F)c3)c2CCN1C(=O)c1ccnc2c1OCCC2. The molecule has 4 heterocycles. The van der Waals surface area contributed by atoms with Crippen molar-refractivity contribution in [1.82, 2.24) is 19.7 Å². The summed E-state index contributed by atoms with van der Waals surface area (Å²) < 4.78 is 48.4. The first-order chi connectivity index (χ1) is 15.4. The van der Waals surface area contributed by atoms with Crippen molar-refractivity contribution in [3.05, 3.63) is 64.4 Å². The Morgan fingerprint density at radius 1 is 1.19 bits per heavy atom. The fraction of sp³-hybridized carbons (Fsp3) is 0.348. The van der Waals surface area contributed by atoms with Crippen LogP contribution in [0.25, 0.3) is 11.3 Å². The number of nitrogens with zero attached hydrogens (tertiary/aromatic N) is 4. The summed E-state index contributed by atoms with van der Waals surface area (Å²) in [6.07, 6.45) is 3.70. The highest BCUT2D eigenvalue weighted by atomic mass is 19.2. The molecule has 166 valence electrons. The lowest BCUT2D eigenvalue weighted by atomic mass is 9.94. The van der Waals surface area contributed by atoms with Crippen molar-refractivity contribution in [3.8, 4) is 17.0 Å². The number of aryl methyl sites for hydroxylation is 2. The average Bonchev–Trinajstić information content (AvgIpc) is 3.13. The van der Waals surface area contributed by atoms with Crippen LogP contribution in [0, 0.1) is 17.5 Å². The number of hydrogen-bond acceptors (Lipinski definition) is 4. The molecule has 2 aliphatic heterocycles. The third-order valence-corrected chi connectivity index (χ3v) is 6.17. The first-order valence-corrected chi connectivity index (χ1v) is 10.5. The number of pyridine rings is 1. The number of benzene rings is 1. The Morgan fingerprint density at radius 3 is 2.69 bits per heavy atom. The molecule has 1 atom stereocenters. The lowest BCUT2D eigenvalue weighted by Gasteiger charge is -2.33. The van der Waals surface area contributed by atoms with Gasteiger partial charge in [-0.25, -0.2) is 13.2 Å². The van der Waals surface area contributed by atoms with Gasteiger partial charge < -0.3 is 9.64 Å². The van der Waals surface area contributed by atoms with E-state index in [9.17, 15) is 18.0 Å². The quantitative estimate of drug-likeness (QED) is 0.564. The molecular formula is C23H21F3N4O2. The second-order valence-electron chi connectivity index (χ2n) is 8.10. The highest BCUT2D eigenvalue weighted by Crippen LogP contribution is 2.38. The number of amides is 1. The number of rotatable bonds is 2. The maximum atomic E-state index is 13.9. The zero-order chi connectivity index (χ0) is 22.6. The summed E-state index contributed by atoms with van der Waals surface area (Å²) in [6, 6.07) is 3.24. The van der Waals surface area contributed by atoms with E-state index in [-0.39, 0.29) is 17.5 Å². The predicted octanol–water partition coefficient (Wildman–Crippen LogP) is 3.98. The molecule has 0 radical (unpaired) electrons. The molecule has 6 nitrogen and oxygen atoms in total. The van der Waals surface area contributed by atoms with Crippen molar-refractivity contribution in [2.24, 2.45) is 7.05 Å². The minimum absolute atomic E-state index is 0.172. The largest absolute Gasteiger partial charge is 0.491 e. The molecule has 0 spiro atoms. The predicted molar refractivity (Wildman–Crippen MR) is 110 cm³/mol. The van der Waals surface area contributed by atoms with Gasteiger partial charge in [-0.3, -0.25) is 14.5 Å². The number of hydrogen-bond donors (Lipinski definition) is 0. The third kappa shape index (κ3) is 3.14. The lowest BCUT2D eigenvalue weighted by Crippen LogP contribution is -2.39. The first-order valence-electron chi connectivity index (χ1n) is 10.5. The van der Waals surface area contributed by atoms with Crippen molar-refractivity contribution in [1.29, 1.82) is 0 Å². The highest BCUT2D eigenvalue weighted by molar-refractivity contribution is 5.97. The Bertz CT molecular complexity index is 1220. The van der Waals surface area contributed by atoms with Gasteiger partial charge in [0.2, 0.25) is 0 Å². The zero-order valence-electron chi connectivity index (χ0n) is 17.7. The Labute approximate surface area is 182 Å². The molecule has 9 heteroatoms. The summed E-state index contributed by atoms with van der Waals surface area (Å²) in [7, 11) is 1.67. The van der Waals surface area contributed by atoms with Crippen molar-refractivity contribution < 1.29 is 22.7 Å². The topological polar surface area (TPSA) is 60.2 Å². The van der Waals surface area contributed by atoms with Gasteiger partial charge in [-0.15, -0.1) is 0 Å². The van der Waals surface area contributed by atoms with Crippen molar-refractivity contribution >= 4 is 5.91 Å². The second kappa shape index (κ2) is 7.65. The molecule has 0 N–H and O–H groups in total. The fourth-order valence-electron chi connectivity index (χ4n) is 4.64. The Kier molecular flexibility index (Phi) is 4.91. The maximum Gasteiger partial charge on any atom is 0.258 e. The van der Waals surface area contributed by atoms with E-state index in [0.29, 0.717) is 42.3 Å². The van der Waals surface area contributed by atoms with Gasteiger partial charge in [-0.1, -0.05) is 0 Å². The molecule has 0 aliphatic carbocycles. The molecule has 0 bridgehead atoms. The lowest BCUT2D eigenvalue weighted by molar-refractivity contribution is 0.0668. The van der Waals surface area contributed by atoms with Gasteiger partial charge in [0.25, 0.3) is 5.91 Å². The molecule has 2 aromatic heterocycles. The third-order valence-electron chi connectivity index (χ3n) is 6.17. The van der Waals surface area contributed by atoms with Gasteiger partial charge in [0, 0.05) is 30.9 Å². The van der Waals surface area contributed by atoms with Crippen molar-refractivity contribution in [2.75, 3.05) is 13.2 Å². The molecule has 0 saturated heterocycles. The smallest absolute Gasteiger partial charge is 0.258 e. The molecule has 1 aromatic carbocycles. The van der Waals surface area contributed by atoms with Crippen molar-refractivity contribution in [3.63, 3.8) is 0 Å². The van der Waals surface area contributed by atoms with E-state index in [2.05, 4.69) is 10.1 Å². The van der Waals surface area contributed by atoms with Crippen LogP contribution in [0.5, 0.6) is 5.75 Å². The molecule has 0 fully saturated rings. The highest BCUT2D eigenvalue weighted by Gasteiger charge is 2.35. The first kappa shape index (κ1) is 20.5. The van der Waals surface area contributed by atoms with Crippen LogP contribution in [-0.4, -0.2) is 38.7 Å². The van der Waals surface area contributed by atoms with E-state index in [1.165, 1.54) is 4.68 Å². The van der Waals surface area contributed by atoms with Crippen LogP contribution >= 0.6 is 0 Å². The fourth-order valence-corrected chi connectivity index (χ4v) is 4.64. The van der Waals surface area contributed by atoms with Crippen LogP contribution < -0.4 is 4.74 Å². The minimum Gasteiger partial charge on any atom is -0.491 e. The molecule has 0 unspecified atom stereocenters. The molecule has 0 saturated carbocycles. The summed E-state index contributed by atoms with van der Waals surface area (Å²) >= 11 is 0. The summed E-state index contributed by atoms with van der Waals surface area (Å²) in [5, 5.41) is 4.54. The van der Waals surface area contributed by atoms with Crippen LogP contribution in [0.4, 0.5) is 13.2 Å². The van der Waals surface area contributed by atoms with E-state index < -0.39 is 17.5 Å². The molecule has 3 aromatic rings. The number of ether oxygens (including phenoxy) is 1. The van der Waals surface area contributed by atoms with Gasteiger partial charge in [0.15, 0.2) is 23.2 Å². The maximum absolute atomic E-state index is 13.9. The summed E-state index contributed by atoms with van der Waals surface area (Å²) in [5.74, 6) is -3.63. The minimum atomic E-state index is -1.50. The van der Waals surface area contributed by atoms with E-state index in [0.717, 1.165) is 36.2 Å². The van der Waals surface area contributed by atoms with Gasteiger partial charge in [-0.2, -0.15) is 5.10 Å². The van der Waals surface area contributed by atoms with Gasteiger partial charge >= 0.3 is 0 Å². The number of aromatic nitrogens is 3. The summed E-state index contributed by atoms with van der Waals surface area (Å²) in [4.78, 5) is 19.5. The molecule has 32 heavy (non-hydrogen) atoms. The van der Waals surface area contributed by atoms with E-state index in [4.69, 9.17) is 4.74 Å². The molecular weight excluding hydrogens is 421 g/mol. The van der Waals surface area contributed by atoms with Crippen LogP contribution in [0.3, 0.4) is 0 Å². The van der Waals surface area contributed by atoms with Gasteiger partial charge in [-0.05, 0) is 44.4 Å². The van der Waals surface area contributed by atoms with E-state index >= 15 is 0 Å². The standard InChI is InChI=1S/C23H21F3N4O2/c1-12-20-14(21(29(2)28-20)13-10-16(24)19(26)17(25)11-13)6-8-30(12)23(31)15-5-7-27-18-4-3-9-32-22(15)18/h5,7,10-12H,3-4,6,8-9H2,1-2H3/t12-/m0/s1. The van der Waals surface area contributed by atoms with Crippen LogP contribution in [0.2, 0.25) is 0 Å². The normalized spacial score (nSPS) is 17.5.